The molecule has 2 nitrogen and oxygen atoms in total. The summed E-state index contributed by atoms with van der Waals surface area (Å²) in [5.41, 5.74) is 4.04. The highest BCUT2D eigenvalue weighted by Gasteiger charge is 2.09. The molecule has 0 fully saturated rings. The molecule has 108 valence electrons. The van der Waals surface area contributed by atoms with E-state index in [9.17, 15) is 0 Å². The Morgan fingerprint density at radius 1 is 1.20 bits per heavy atom. The van der Waals surface area contributed by atoms with Crippen LogP contribution in [0, 0.1) is 0 Å². The number of thiophene rings is 1. The summed E-state index contributed by atoms with van der Waals surface area (Å²) < 4.78 is 0. The van der Waals surface area contributed by atoms with E-state index in [2.05, 4.69) is 22.9 Å². The van der Waals surface area contributed by atoms with Crippen LogP contribution < -0.4 is 11.3 Å². The Balaban J connectivity index is 1.83. The smallest absolute Gasteiger partial charge is 0.0595 e. The van der Waals surface area contributed by atoms with Crippen LogP contribution in [-0.2, 0) is 12.8 Å². The lowest BCUT2D eigenvalue weighted by Crippen LogP contribution is -2.36. The van der Waals surface area contributed by atoms with E-state index < -0.39 is 0 Å². The second-order valence-corrected chi connectivity index (χ2v) is 6.63. The number of hydrazine groups is 1. The van der Waals surface area contributed by atoms with Gasteiger partial charge in [-0.25, -0.2) is 0 Å². The van der Waals surface area contributed by atoms with Gasteiger partial charge in [-0.2, -0.15) is 0 Å². The van der Waals surface area contributed by atoms with E-state index in [1.54, 1.807) is 11.3 Å². The summed E-state index contributed by atoms with van der Waals surface area (Å²) >= 11 is 13.8. The first-order chi connectivity index (χ1) is 9.69. The van der Waals surface area contributed by atoms with Crippen molar-refractivity contribution in [1.82, 2.24) is 5.43 Å². The molecule has 2 rings (SSSR count). The van der Waals surface area contributed by atoms with Gasteiger partial charge in [-0.15, -0.1) is 11.3 Å². The summed E-state index contributed by atoms with van der Waals surface area (Å²) in [6.07, 6.45) is 4.13. The SMILES string of the molecule is NNC(CCCc1cccs1)Cc1ccc(Cl)c(Cl)c1. The molecule has 5 heteroatoms. The third kappa shape index (κ3) is 4.76. The zero-order chi connectivity index (χ0) is 14.4. The molecular weight excluding hydrogens is 311 g/mol. The first-order valence-corrected chi connectivity index (χ1v) is 8.25. The predicted octanol–water partition coefficient (Wildman–Crippen LogP) is 4.45. The van der Waals surface area contributed by atoms with Crippen LogP contribution >= 0.6 is 34.5 Å². The van der Waals surface area contributed by atoms with Crippen molar-refractivity contribution >= 4 is 34.5 Å². The average molecular weight is 329 g/mol. The molecule has 1 unspecified atom stereocenters. The maximum atomic E-state index is 6.03. The minimum Gasteiger partial charge on any atom is -0.271 e. The first kappa shape index (κ1) is 15.8. The van der Waals surface area contributed by atoms with Gasteiger partial charge in [0.05, 0.1) is 10.0 Å². The predicted molar refractivity (Wildman–Crippen MR) is 88.5 cm³/mol. The fraction of sp³-hybridized carbons (Fsp3) is 0.333. The molecule has 1 aromatic heterocycles. The van der Waals surface area contributed by atoms with Gasteiger partial charge in [0.1, 0.15) is 0 Å². The van der Waals surface area contributed by atoms with Crippen LogP contribution in [-0.4, -0.2) is 6.04 Å². The van der Waals surface area contributed by atoms with Crippen LogP contribution in [0.4, 0.5) is 0 Å². The second kappa shape index (κ2) is 8.01. The summed E-state index contributed by atoms with van der Waals surface area (Å²) in [5.74, 6) is 5.64. The van der Waals surface area contributed by atoms with E-state index in [0.717, 1.165) is 31.2 Å². The van der Waals surface area contributed by atoms with Gasteiger partial charge < -0.3 is 0 Å². The molecule has 0 aliphatic heterocycles. The van der Waals surface area contributed by atoms with Crippen LogP contribution in [0.25, 0.3) is 0 Å². The van der Waals surface area contributed by atoms with E-state index in [1.807, 2.05) is 18.2 Å². The van der Waals surface area contributed by atoms with Crippen LogP contribution in [0.3, 0.4) is 0 Å². The Kier molecular flexibility index (Phi) is 6.33. The van der Waals surface area contributed by atoms with Gasteiger partial charge in [0.15, 0.2) is 0 Å². The molecular formula is C15H18Cl2N2S. The highest BCUT2D eigenvalue weighted by Crippen LogP contribution is 2.23. The highest BCUT2D eigenvalue weighted by molar-refractivity contribution is 7.09. The third-order valence-corrected chi connectivity index (χ3v) is 4.93. The van der Waals surface area contributed by atoms with Crippen molar-refractivity contribution in [3.63, 3.8) is 0 Å². The fourth-order valence-electron chi connectivity index (χ4n) is 2.17. The van der Waals surface area contributed by atoms with Crippen molar-refractivity contribution in [3.05, 3.63) is 56.2 Å². The van der Waals surface area contributed by atoms with Gasteiger partial charge in [-0.3, -0.25) is 11.3 Å². The molecule has 1 aromatic carbocycles. The third-order valence-electron chi connectivity index (χ3n) is 3.26. The van der Waals surface area contributed by atoms with E-state index in [4.69, 9.17) is 29.0 Å². The Morgan fingerprint density at radius 3 is 2.70 bits per heavy atom. The quantitative estimate of drug-likeness (QED) is 0.582. The maximum Gasteiger partial charge on any atom is 0.0595 e. The lowest BCUT2D eigenvalue weighted by Gasteiger charge is -2.16. The number of rotatable bonds is 7. The lowest BCUT2D eigenvalue weighted by atomic mass is 10.0. The summed E-state index contributed by atoms with van der Waals surface area (Å²) in [4.78, 5) is 1.43. The standard InChI is InChI=1S/C15H18Cl2N2S/c16-14-7-6-11(10-15(14)17)9-12(19-18)3-1-4-13-5-2-8-20-13/h2,5-8,10,12,19H,1,3-4,9,18H2. The normalized spacial score (nSPS) is 12.6. The van der Waals surface area contributed by atoms with Crippen LogP contribution in [0.5, 0.6) is 0 Å². The Bertz CT molecular complexity index is 529. The summed E-state index contributed by atoms with van der Waals surface area (Å²) in [6, 6.07) is 10.3. The van der Waals surface area contributed by atoms with E-state index in [1.165, 1.54) is 4.88 Å². The molecule has 0 bridgehead atoms. The number of halogens is 2. The van der Waals surface area contributed by atoms with E-state index in [-0.39, 0.29) is 6.04 Å². The zero-order valence-electron chi connectivity index (χ0n) is 11.1. The van der Waals surface area contributed by atoms with Gasteiger partial charge >= 0.3 is 0 Å². The van der Waals surface area contributed by atoms with Crippen LogP contribution in [0.15, 0.2) is 35.7 Å². The number of hydrogen-bond acceptors (Lipinski definition) is 3. The Hall–Kier alpha value is -0.580. The summed E-state index contributed by atoms with van der Waals surface area (Å²) in [5, 5.41) is 3.30. The van der Waals surface area contributed by atoms with Gasteiger partial charge in [0.25, 0.3) is 0 Å². The molecule has 0 saturated heterocycles. The molecule has 0 radical (unpaired) electrons. The molecule has 3 N–H and O–H groups in total. The molecule has 0 aliphatic carbocycles. The van der Waals surface area contributed by atoms with Crippen molar-refractivity contribution in [1.29, 1.82) is 0 Å². The summed E-state index contributed by atoms with van der Waals surface area (Å²) in [7, 11) is 0. The van der Waals surface area contributed by atoms with Crippen LogP contribution in [0.2, 0.25) is 10.0 Å². The average Bonchev–Trinajstić information content (AvgIpc) is 2.95. The minimum atomic E-state index is 0.257. The molecule has 0 spiro atoms. The van der Waals surface area contributed by atoms with Crippen molar-refractivity contribution in [2.24, 2.45) is 5.84 Å². The van der Waals surface area contributed by atoms with Crippen molar-refractivity contribution in [2.45, 2.75) is 31.7 Å². The number of aryl methyl sites for hydroxylation is 1. The van der Waals surface area contributed by atoms with Gasteiger partial charge in [0, 0.05) is 10.9 Å². The molecule has 0 aliphatic rings. The number of benzene rings is 1. The Labute approximate surface area is 133 Å². The topological polar surface area (TPSA) is 38.0 Å². The highest BCUT2D eigenvalue weighted by atomic mass is 35.5. The largest absolute Gasteiger partial charge is 0.271 e. The summed E-state index contributed by atoms with van der Waals surface area (Å²) in [6.45, 7) is 0. The number of hydrogen-bond donors (Lipinski definition) is 2. The zero-order valence-corrected chi connectivity index (χ0v) is 13.4. The number of nitrogens with two attached hydrogens (primary N) is 1. The van der Waals surface area contributed by atoms with Gasteiger partial charge in [-0.05, 0) is 54.8 Å². The van der Waals surface area contributed by atoms with Crippen molar-refractivity contribution < 1.29 is 0 Å². The number of nitrogens with one attached hydrogen (secondary N) is 1. The van der Waals surface area contributed by atoms with Gasteiger partial charge in [-0.1, -0.05) is 35.3 Å². The molecule has 1 heterocycles. The molecule has 20 heavy (non-hydrogen) atoms. The second-order valence-electron chi connectivity index (χ2n) is 4.79. The van der Waals surface area contributed by atoms with Crippen LogP contribution in [0.1, 0.15) is 23.3 Å². The maximum absolute atomic E-state index is 6.03. The minimum absolute atomic E-state index is 0.257. The van der Waals surface area contributed by atoms with E-state index in [0.29, 0.717) is 10.0 Å². The first-order valence-electron chi connectivity index (χ1n) is 6.61. The van der Waals surface area contributed by atoms with E-state index >= 15 is 0 Å². The van der Waals surface area contributed by atoms with Gasteiger partial charge in [0.2, 0.25) is 0 Å². The lowest BCUT2D eigenvalue weighted by molar-refractivity contribution is 0.477. The molecule has 2 aromatic rings. The Morgan fingerprint density at radius 2 is 2.05 bits per heavy atom. The molecule has 1 atom stereocenters. The van der Waals surface area contributed by atoms with Crippen molar-refractivity contribution in [2.75, 3.05) is 0 Å². The molecule has 0 saturated carbocycles. The molecule has 0 amide bonds. The monoisotopic (exact) mass is 328 g/mol. The van der Waals surface area contributed by atoms with Crippen molar-refractivity contribution in [3.8, 4) is 0 Å². The fourth-order valence-corrected chi connectivity index (χ4v) is 3.24.